The molecule has 5 nitrogen and oxygen atoms in total. The second-order valence-corrected chi connectivity index (χ2v) is 7.05. The zero-order chi connectivity index (χ0) is 20.2. The van der Waals surface area contributed by atoms with Gasteiger partial charge in [0.1, 0.15) is 0 Å². The first-order chi connectivity index (χ1) is 12.6. The summed E-state index contributed by atoms with van der Waals surface area (Å²) in [5.74, 6) is -0.990. The van der Waals surface area contributed by atoms with Gasteiger partial charge in [-0.05, 0) is 30.5 Å². The summed E-state index contributed by atoms with van der Waals surface area (Å²) in [5.41, 5.74) is 4.94. The molecule has 1 aliphatic heterocycles. The van der Waals surface area contributed by atoms with E-state index in [0.29, 0.717) is 24.9 Å². The summed E-state index contributed by atoms with van der Waals surface area (Å²) < 4.78 is 38.5. The number of halogens is 3. The molecule has 1 unspecified atom stereocenters. The van der Waals surface area contributed by atoms with Crippen molar-refractivity contribution in [2.24, 2.45) is 11.7 Å². The van der Waals surface area contributed by atoms with Crippen molar-refractivity contribution in [3.8, 4) is 0 Å². The number of nitrogens with one attached hydrogen (secondary N) is 1. The Morgan fingerprint density at radius 2 is 1.96 bits per heavy atom. The van der Waals surface area contributed by atoms with Crippen LogP contribution in [0, 0.1) is 5.92 Å². The molecule has 0 aromatic heterocycles. The van der Waals surface area contributed by atoms with Crippen LogP contribution in [-0.2, 0) is 22.3 Å². The maximum atomic E-state index is 12.8. The molecule has 0 bridgehead atoms. The number of hydrogen-bond acceptors (Lipinski definition) is 3. The molecule has 1 aromatic carbocycles. The zero-order valence-electron chi connectivity index (χ0n) is 15.6. The van der Waals surface area contributed by atoms with Crippen LogP contribution in [0.15, 0.2) is 24.3 Å². The van der Waals surface area contributed by atoms with E-state index in [2.05, 4.69) is 5.32 Å². The maximum absolute atomic E-state index is 12.8. The lowest BCUT2D eigenvalue weighted by Crippen LogP contribution is -2.54. The number of likely N-dealkylation sites (tertiary alicyclic amines) is 1. The number of hydrogen-bond donors (Lipinski definition) is 2. The van der Waals surface area contributed by atoms with Crippen molar-refractivity contribution in [3.63, 3.8) is 0 Å². The number of alkyl halides is 3. The Balaban J connectivity index is 2.04. The number of nitrogens with zero attached hydrogens (tertiary/aromatic N) is 1. The fraction of sp³-hybridized carbons (Fsp3) is 0.579. The molecule has 0 aliphatic carbocycles. The third-order valence-electron chi connectivity index (χ3n) is 5.35. The molecule has 27 heavy (non-hydrogen) atoms. The molecule has 1 saturated heterocycles. The van der Waals surface area contributed by atoms with Crippen molar-refractivity contribution in [2.45, 2.75) is 51.4 Å². The Bertz CT molecular complexity index is 679. The predicted octanol–water partition coefficient (Wildman–Crippen LogP) is 2.69. The average Bonchev–Trinajstić information content (AvgIpc) is 3.00. The molecule has 2 amide bonds. The average molecular weight is 385 g/mol. The van der Waals surface area contributed by atoms with Gasteiger partial charge in [0.15, 0.2) is 0 Å². The van der Waals surface area contributed by atoms with Crippen molar-refractivity contribution >= 4 is 11.8 Å². The van der Waals surface area contributed by atoms with Crippen molar-refractivity contribution < 1.29 is 22.8 Å². The van der Waals surface area contributed by atoms with Crippen molar-refractivity contribution in [2.75, 3.05) is 13.1 Å². The van der Waals surface area contributed by atoms with Gasteiger partial charge in [-0.3, -0.25) is 9.59 Å². The van der Waals surface area contributed by atoms with E-state index in [1.54, 1.807) is 6.07 Å². The molecule has 1 atom stereocenters. The minimum Gasteiger partial charge on any atom is -0.349 e. The maximum Gasteiger partial charge on any atom is 0.416 e. The smallest absolute Gasteiger partial charge is 0.349 e. The SMILES string of the molecule is CCC(CC)(CN)NC(=O)C1CC(=O)N(Cc2cccc(C(F)(F)F)c2)C1. The summed E-state index contributed by atoms with van der Waals surface area (Å²) in [6.45, 7) is 4.43. The van der Waals surface area contributed by atoms with Crippen LogP contribution in [0.2, 0.25) is 0 Å². The van der Waals surface area contributed by atoms with Crippen LogP contribution < -0.4 is 11.1 Å². The van der Waals surface area contributed by atoms with Gasteiger partial charge in [-0.15, -0.1) is 0 Å². The highest BCUT2D eigenvalue weighted by Gasteiger charge is 2.37. The first-order valence-corrected chi connectivity index (χ1v) is 9.10. The highest BCUT2D eigenvalue weighted by atomic mass is 19.4. The number of carbonyl (C=O) groups is 2. The van der Waals surface area contributed by atoms with Crippen LogP contribution >= 0.6 is 0 Å². The fourth-order valence-corrected chi connectivity index (χ4v) is 3.30. The number of rotatable bonds is 7. The number of nitrogens with two attached hydrogens (primary N) is 1. The van der Waals surface area contributed by atoms with Gasteiger partial charge in [-0.2, -0.15) is 13.2 Å². The second kappa shape index (κ2) is 8.29. The van der Waals surface area contributed by atoms with Gasteiger partial charge in [0.2, 0.25) is 11.8 Å². The summed E-state index contributed by atoms with van der Waals surface area (Å²) in [6.07, 6.45) is -3.01. The largest absolute Gasteiger partial charge is 0.416 e. The van der Waals surface area contributed by atoms with E-state index < -0.39 is 23.2 Å². The van der Waals surface area contributed by atoms with Crippen LogP contribution in [0.3, 0.4) is 0 Å². The molecule has 1 fully saturated rings. The van der Waals surface area contributed by atoms with Gasteiger partial charge in [0.25, 0.3) is 0 Å². The van der Waals surface area contributed by atoms with Gasteiger partial charge in [0, 0.05) is 26.1 Å². The van der Waals surface area contributed by atoms with Gasteiger partial charge in [-0.1, -0.05) is 26.0 Å². The highest BCUT2D eigenvalue weighted by molar-refractivity contribution is 5.89. The molecule has 0 saturated carbocycles. The Hall–Kier alpha value is -2.09. The summed E-state index contributed by atoms with van der Waals surface area (Å²) in [6, 6.07) is 4.90. The van der Waals surface area contributed by atoms with Gasteiger partial charge < -0.3 is 16.0 Å². The lowest BCUT2D eigenvalue weighted by Gasteiger charge is -2.32. The van der Waals surface area contributed by atoms with Gasteiger partial charge in [0.05, 0.1) is 17.0 Å². The van der Waals surface area contributed by atoms with E-state index in [1.165, 1.54) is 11.0 Å². The molecule has 2 rings (SSSR count). The van der Waals surface area contributed by atoms with Crippen LogP contribution in [0.1, 0.15) is 44.2 Å². The molecule has 1 aromatic rings. The number of carbonyl (C=O) groups excluding carboxylic acids is 2. The molecule has 8 heteroatoms. The first kappa shape index (κ1) is 21.2. The summed E-state index contributed by atoms with van der Waals surface area (Å²) in [4.78, 5) is 26.3. The molecule has 1 heterocycles. The second-order valence-electron chi connectivity index (χ2n) is 7.05. The summed E-state index contributed by atoms with van der Waals surface area (Å²) in [7, 11) is 0. The quantitative estimate of drug-likeness (QED) is 0.758. The molecular formula is C19H26F3N3O2. The standard InChI is InChI=1S/C19H26F3N3O2/c1-3-18(4-2,12-23)24-17(27)14-9-16(26)25(11-14)10-13-6-5-7-15(8-13)19(20,21)22/h5-8,14H,3-4,9-12,23H2,1-2H3,(H,24,27). The minimum atomic E-state index is -4.43. The highest BCUT2D eigenvalue weighted by Crippen LogP contribution is 2.30. The van der Waals surface area contributed by atoms with E-state index in [-0.39, 0.29) is 31.3 Å². The van der Waals surface area contributed by atoms with Crippen LogP contribution in [0.4, 0.5) is 13.2 Å². The number of benzene rings is 1. The molecule has 150 valence electrons. The van der Waals surface area contributed by atoms with E-state index in [4.69, 9.17) is 5.73 Å². The Morgan fingerprint density at radius 3 is 2.52 bits per heavy atom. The van der Waals surface area contributed by atoms with E-state index in [1.807, 2.05) is 13.8 Å². The lowest BCUT2D eigenvalue weighted by molar-refractivity contribution is -0.137. The van der Waals surface area contributed by atoms with E-state index >= 15 is 0 Å². The summed E-state index contributed by atoms with van der Waals surface area (Å²) in [5, 5.41) is 2.96. The third kappa shape index (κ3) is 5.00. The molecule has 0 radical (unpaired) electrons. The predicted molar refractivity (Wildman–Crippen MR) is 95.5 cm³/mol. The van der Waals surface area contributed by atoms with E-state index in [0.717, 1.165) is 12.1 Å². The monoisotopic (exact) mass is 385 g/mol. The zero-order valence-corrected chi connectivity index (χ0v) is 15.6. The summed E-state index contributed by atoms with van der Waals surface area (Å²) >= 11 is 0. The first-order valence-electron chi connectivity index (χ1n) is 9.10. The topological polar surface area (TPSA) is 75.4 Å². The Morgan fingerprint density at radius 1 is 1.30 bits per heavy atom. The van der Waals surface area contributed by atoms with Crippen molar-refractivity contribution in [1.82, 2.24) is 10.2 Å². The lowest BCUT2D eigenvalue weighted by atomic mass is 9.91. The van der Waals surface area contributed by atoms with Gasteiger partial charge in [-0.25, -0.2) is 0 Å². The normalized spacial score (nSPS) is 18.1. The number of amides is 2. The third-order valence-corrected chi connectivity index (χ3v) is 5.35. The van der Waals surface area contributed by atoms with Crippen LogP contribution in [0.25, 0.3) is 0 Å². The van der Waals surface area contributed by atoms with Crippen LogP contribution in [-0.4, -0.2) is 35.3 Å². The van der Waals surface area contributed by atoms with Crippen LogP contribution in [0.5, 0.6) is 0 Å². The molecule has 1 aliphatic rings. The molecule has 0 spiro atoms. The molecular weight excluding hydrogens is 359 g/mol. The van der Waals surface area contributed by atoms with Gasteiger partial charge >= 0.3 is 6.18 Å². The van der Waals surface area contributed by atoms with Crippen molar-refractivity contribution in [1.29, 1.82) is 0 Å². The fourth-order valence-electron chi connectivity index (χ4n) is 3.30. The Labute approximate surface area is 157 Å². The Kier molecular flexibility index (Phi) is 6.51. The van der Waals surface area contributed by atoms with Crippen molar-refractivity contribution in [3.05, 3.63) is 35.4 Å². The molecule has 3 N–H and O–H groups in total. The minimum absolute atomic E-state index is 0.0517. The van der Waals surface area contributed by atoms with E-state index in [9.17, 15) is 22.8 Å².